The first-order chi connectivity index (χ1) is 12.2. The average Bonchev–Trinajstić information content (AvgIpc) is 3.19. The summed E-state index contributed by atoms with van der Waals surface area (Å²) in [6.07, 6.45) is -6.01. The molecule has 7 nitrogen and oxygen atoms in total. The molecule has 1 aliphatic rings. The first-order valence-electron chi connectivity index (χ1n) is 7.56. The van der Waals surface area contributed by atoms with Gasteiger partial charge < -0.3 is 20.1 Å². The van der Waals surface area contributed by atoms with E-state index in [0.717, 1.165) is 22.3 Å². The third-order valence-electron chi connectivity index (χ3n) is 3.98. The number of halogens is 3. The molecule has 26 heavy (non-hydrogen) atoms. The van der Waals surface area contributed by atoms with Gasteiger partial charge in [0.05, 0.1) is 27.9 Å². The largest absolute Gasteiger partial charge is 0.472 e. The van der Waals surface area contributed by atoms with Crippen molar-refractivity contribution < 1.29 is 32.6 Å². The van der Waals surface area contributed by atoms with E-state index < -0.39 is 29.8 Å². The number of nitrogens with zero attached hydrogens (tertiary/aromatic N) is 2. The smallest absolute Gasteiger partial charge is 0.418 e. The van der Waals surface area contributed by atoms with Gasteiger partial charge >= 0.3 is 12.3 Å². The van der Waals surface area contributed by atoms with E-state index >= 15 is 0 Å². The minimum absolute atomic E-state index is 0.0297. The van der Waals surface area contributed by atoms with Crippen LogP contribution in [0.2, 0.25) is 0 Å². The van der Waals surface area contributed by atoms with Crippen LogP contribution < -0.4 is 10.1 Å². The van der Waals surface area contributed by atoms with Crippen LogP contribution in [-0.2, 0) is 6.18 Å². The molecule has 2 N–H and O–H groups in total. The number of carbonyl (C=O) groups excluding carboxylic acids is 1. The Morgan fingerprint density at radius 3 is 2.77 bits per heavy atom. The summed E-state index contributed by atoms with van der Waals surface area (Å²) in [6, 6.07) is 0.788. The zero-order valence-corrected chi connectivity index (χ0v) is 14.3. The molecule has 3 heterocycles. The third-order valence-corrected chi connectivity index (χ3v) is 4.98. The second-order valence-corrected chi connectivity index (χ2v) is 6.55. The Kier molecular flexibility index (Phi) is 4.65. The Balaban J connectivity index is 2.00. The number of amides is 2. The van der Waals surface area contributed by atoms with E-state index in [0.29, 0.717) is 6.42 Å². The van der Waals surface area contributed by atoms with Gasteiger partial charge in [-0.3, -0.25) is 4.79 Å². The van der Waals surface area contributed by atoms with Crippen molar-refractivity contribution in [1.29, 1.82) is 0 Å². The molecular formula is C15H14F3N3O4S. The molecule has 0 bridgehead atoms. The minimum Gasteiger partial charge on any atom is -0.472 e. The summed E-state index contributed by atoms with van der Waals surface area (Å²) in [5.74, 6) is -0.836. The fraction of sp³-hybridized carbons (Fsp3) is 0.400. The molecule has 3 rings (SSSR count). The molecule has 1 fully saturated rings. The highest BCUT2D eigenvalue weighted by atomic mass is 32.1. The lowest BCUT2D eigenvalue weighted by Gasteiger charge is -2.16. The van der Waals surface area contributed by atoms with Crippen LogP contribution in [-0.4, -0.2) is 53.2 Å². The number of nitrogens with one attached hydrogen (secondary N) is 1. The standard InChI is InChI=1S/C15H14F3N3O4S/c1-19-13(22)8-6-26-12-9(15(16,17)18)4-10(20-11(8)12)25-7-2-3-21(5-7)14(23)24/h4,6-7H,2-3,5H2,1H3,(H,19,22)(H,23,24)/t7-/m1/s1. The first-order valence-corrected chi connectivity index (χ1v) is 8.44. The number of carbonyl (C=O) groups is 2. The molecule has 11 heteroatoms. The fourth-order valence-electron chi connectivity index (χ4n) is 2.72. The number of hydrogen-bond acceptors (Lipinski definition) is 5. The SMILES string of the molecule is CNC(=O)c1csc2c(C(F)(F)F)cc(O[C@@H]3CCN(C(=O)O)C3)nc12. The summed E-state index contributed by atoms with van der Waals surface area (Å²) >= 11 is 0.782. The number of alkyl halides is 3. The van der Waals surface area contributed by atoms with Gasteiger partial charge in [0.1, 0.15) is 6.10 Å². The maximum Gasteiger partial charge on any atom is 0.418 e. The fourth-order valence-corrected chi connectivity index (χ4v) is 3.74. The third kappa shape index (κ3) is 3.39. The quantitative estimate of drug-likeness (QED) is 0.842. The normalized spacial score (nSPS) is 17.5. The number of thiophene rings is 1. The van der Waals surface area contributed by atoms with Gasteiger partial charge in [0, 0.05) is 31.5 Å². The first kappa shape index (κ1) is 18.2. The van der Waals surface area contributed by atoms with Crippen LogP contribution in [0.1, 0.15) is 22.3 Å². The number of aromatic nitrogens is 1. The van der Waals surface area contributed by atoms with Gasteiger partial charge in [0.15, 0.2) is 0 Å². The molecule has 2 aromatic heterocycles. The molecule has 0 radical (unpaired) electrons. The molecule has 0 aliphatic carbocycles. The van der Waals surface area contributed by atoms with Crippen molar-refractivity contribution >= 4 is 33.6 Å². The van der Waals surface area contributed by atoms with Crippen molar-refractivity contribution in [3.63, 3.8) is 0 Å². The summed E-state index contributed by atoms with van der Waals surface area (Å²) in [5, 5.41) is 12.6. The Labute approximate surface area is 149 Å². The van der Waals surface area contributed by atoms with Crippen molar-refractivity contribution in [3.05, 3.63) is 22.6 Å². The second kappa shape index (κ2) is 6.63. The van der Waals surface area contributed by atoms with Crippen LogP contribution in [0.4, 0.5) is 18.0 Å². The van der Waals surface area contributed by atoms with Gasteiger partial charge in [-0.15, -0.1) is 11.3 Å². The zero-order chi connectivity index (χ0) is 19.1. The molecule has 2 aromatic rings. The molecule has 1 atom stereocenters. The number of likely N-dealkylation sites (tertiary alicyclic amines) is 1. The Morgan fingerprint density at radius 1 is 1.46 bits per heavy atom. The predicted octanol–water partition coefficient (Wildman–Crippen LogP) is 2.81. The van der Waals surface area contributed by atoms with E-state index in [1.165, 1.54) is 12.4 Å². The Hall–Kier alpha value is -2.56. The average molecular weight is 389 g/mol. The van der Waals surface area contributed by atoms with Gasteiger partial charge in [0.25, 0.3) is 5.91 Å². The zero-order valence-electron chi connectivity index (χ0n) is 13.5. The number of rotatable bonds is 3. The lowest BCUT2D eigenvalue weighted by atomic mass is 10.2. The number of ether oxygens (including phenoxy) is 1. The van der Waals surface area contributed by atoms with Gasteiger partial charge in [-0.1, -0.05) is 0 Å². The van der Waals surface area contributed by atoms with Crippen LogP contribution in [0.25, 0.3) is 10.2 Å². The van der Waals surface area contributed by atoms with Gasteiger partial charge in [-0.25, -0.2) is 9.78 Å². The molecule has 1 saturated heterocycles. The minimum atomic E-state index is -4.65. The molecule has 0 spiro atoms. The van der Waals surface area contributed by atoms with E-state index in [-0.39, 0.29) is 34.7 Å². The summed E-state index contributed by atoms with van der Waals surface area (Å²) in [7, 11) is 1.37. The summed E-state index contributed by atoms with van der Waals surface area (Å²) < 4.78 is 45.6. The van der Waals surface area contributed by atoms with Crippen molar-refractivity contribution in [2.45, 2.75) is 18.7 Å². The van der Waals surface area contributed by atoms with Crippen molar-refractivity contribution in [2.75, 3.05) is 20.1 Å². The second-order valence-electron chi connectivity index (χ2n) is 5.67. The highest BCUT2D eigenvalue weighted by molar-refractivity contribution is 7.17. The number of fused-ring (bicyclic) bond motifs is 1. The van der Waals surface area contributed by atoms with Crippen LogP contribution in [0.3, 0.4) is 0 Å². The molecule has 0 saturated carbocycles. The molecule has 140 valence electrons. The lowest BCUT2D eigenvalue weighted by Crippen LogP contribution is -2.29. The highest BCUT2D eigenvalue weighted by Gasteiger charge is 2.36. The van der Waals surface area contributed by atoms with E-state index in [1.807, 2.05) is 0 Å². The lowest BCUT2D eigenvalue weighted by molar-refractivity contribution is -0.136. The summed E-state index contributed by atoms with van der Waals surface area (Å²) in [4.78, 5) is 28.0. The van der Waals surface area contributed by atoms with E-state index in [4.69, 9.17) is 9.84 Å². The van der Waals surface area contributed by atoms with Gasteiger partial charge in [0.2, 0.25) is 5.88 Å². The van der Waals surface area contributed by atoms with E-state index in [9.17, 15) is 22.8 Å². The van der Waals surface area contributed by atoms with E-state index in [1.54, 1.807) is 0 Å². The molecule has 1 aliphatic heterocycles. The van der Waals surface area contributed by atoms with Gasteiger partial charge in [-0.05, 0) is 0 Å². The Bertz CT molecular complexity index is 868. The molecule has 0 unspecified atom stereocenters. The monoisotopic (exact) mass is 389 g/mol. The highest BCUT2D eigenvalue weighted by Crippen LogP contribution is 2.40. The molecule has 0 aromatic carbocycles. The van der Waals surface area contributed by atoms with E-state index in [2.05, 4.69) is 10.3 Å². The van der Waals surface area contributed by atoms with Crippen molar-refractivity contribution in [1.82, 2.24) is 15.2 Å². The Morgan fingerprint density at radius 2 is 2.19 bits per heavy atom. The number of pyridine rings is 1. The van der Waals surface area contributed by atoms with Crippen molar-refractivity contribution in [3.8, 4) is 5.88 Å². The molecule has 2 amide bonds. The van der Waals surface area contributed by atoms with Crippen LogP contribution in [0.15, 0.2) is 11.4 Å². The van der Waals surface area contributed by atoms with Crippen LogP contribution >= 0.6 is 11.3 Å². The summed E-state index contributed by atoms with van der Waals surface area (Å²) in [6.45, 7) is 0.276. The van der Waals surface area contributed by atoms with Crippen molar-refractivity contribution in [2.24, 2.45) is 0 Å². The predicted molar refractivity (Wildman–Crippen MR) is 86.6 cm³/mol. The maximum atomic E-state index is 13.4. The number of carboxylic acid groups (broad SMARTS) is 1. The molecular weight excluding hydrogens is 375 g/mol. The van der Waals surface area contributed by atoms with Crippen LogP contribution in [0.5, 0.6) is 5.88 Å². The number of hydrogen-bond donors (Lipinski definition) is 2. The topological polar surface area (TPSA) is 91.8 Å². The maximum absolute atomic E-state index is 13.4. The summed E-state index contributed by atoms with van der Waals surface area (Å²) in [5.41, 5.74) is -1.000. The van der Waals surface area contributed by atoms with Crippen LogP contribution in [0, 0.1) is 0 Å². The van der Waals surface area contributed by atoms with Gasteiger partial charge in [-0.2, -0.15) is 13.2 Å².